The fraction of sp³-hybridized carbons (Fsp3) is 0.333. The number of nitrogens with one attached hydrogen (secondary N) is 1. The summed E-state index contributed by atoms with van der Waals surface area (Å²) in [4.78, 5) is 8.90. The molecule has 3 nitrogen and oxygen atoms in total. The van der Waals surface area contributed by atoms with E-state index in [1.807, 2.05) is 23.3 Å². The Balaban J connectivity index is 1.47. The lowest BCUT2D eigenvalue weighted by Gasteiger charge is -2.09. The van der Waals surface area contributed by atoms with Crippen LogP contribution in [0.25, 0.3) is 0 Å². The topological polar surface area (TPSA) is 37.3 Å². The van der Waals surface area contributed by atoms with E-state index >= 15 is 0 Å². The van der Waals surface area contributed by atoms with Crippen LogP contribution in [-0.2, 0) is 12.8 Å². The van der Waals surface area contributed by atoms with Gasteiger partial charge >= 0.3 is 0 Å². The van der Waals surface area contributed by atoms with Gasteiger partial charge in [0.2, 0.25) is 0 Å². The minimum Gasteiger partial charge on any atom is -0.361 e. The first-order valence-electron chi connectivity index (χ1n) is 6.76. The maximum atomic E-state index is 4.63. The molecule has 2 aromatic rings. The number of aliphatic imine (C=N–C) groups is 1. The van der Waals surface area contributed by atoms with Crippen LogP contribution in [0.2, 0.25) is 0 Å². The molecule has 5 heteroatoms. The molecule has 1 unspecified atom stereocenters. The van der Waals surface area contributed by atoms with E-state index in [-0.39, 0.29) is 0 Å². The van der Waals surface area contributed by atoms with E-state index in [9.17, 15) is 0 Å². The van der Waals surface area contributed by atoms with Gasteiger partial charge in [-0.25, -0.2) is 4.98 Å². The summed E-state index contributed by atoms with van der Waals surface area (Å²) >= 11 is 3.53. The lowest BCUT2D eigenvalue weighted by Crippen LogP contribution is -2.29. The molecule has 0 aliphatic carbocycles. The van der Waals surface area contributed by atoms with Gasteiger partial charge in [0.05, 0.1) is 5.01 Å². The van der Waals surface area contributed by atoms with Gasteiger partial charge in [0.15, 0.2) is 5.17 Å². The SMILES string of the molecule is c1ccc(CC2CSC(=NCCc3nccs3)N2)cc1. The van der Waals surface area contributed by atoms with E-state index in [0.717, 1.165) is 35.3 Å². The molecule has 1 aliphatic heterocycles. The number of thioether (sulfide) groups is 1. The number of rotatable bonds is 5. The van der Waals surface area contributed by atoms with Crippen LogP contribution >= 0.6 is 23.1 Å². The van der Waals surface area contributed by atoms with Crippen molar-refractivity contribution in [2.24, 2.45) is 4.99 Å². The maximum Gasteiger partial charge on any atom is 0.156 e. The smallest absolute Gasteiger partial charge is 0.156 e. The Morgan fingerprint density at radius 1 is 1.30 bits per heavy atom. The van der Waals surface area contributed by atoms with Crippen molar-refractivity contribution >= 4 is 28.3 Å². The van der Waals surface area contributed by atoms with Gasteiger partial charge in [-0.1, -0.05) is 42.1 Å². The lowest BCUT2D eigenvalue weighted by atomic mass is 10.1. The van der Waals surface area contributed by atoms with Crippen molar-refractivity contribution in [3.05, 3.63) is 52.5 Å². The molecule has 1 aromatic carbocycles. The van der Waals surface area contributed by atoms with E-state index < -0.39 is 0 Å². The van der Waals surface area contributed by atoms with Gasteiger partial charge in [0, 0.05) is 36.3 Å². The number of amidine groups is 1. The number of benzene rings is 1. The summed E-state index contributed by atoms with van der Waals surface area (Å²) in [5, 5.41) is 7.78. The molecule has 1 aromatic heterocycles. The second kappa shape index (κ2) is 6.90. The van der Waals surface area contributed by atoms with Crippen molar-refractivity contribution < 1.29 is 0 Å². The summed E-state index contributed by atoms with van der Waals surface area (Å²) in [6.45, 7) is 0.820. The zero-order valence-corrected chi connectivity index (χ0v) is 12.8. The molecule has 0 bridgehead atoms. The second-order valence-electron chi connectivity index (χ2n) is 4.70. The molecular formula is C15H17N3S2. The highest BCUT2D eigenvalue weighted by Gasteiger charge is 2.20. The number of aromatic nitrogens is 1. The Labute approximate surface area is 127 Å². The molecule has 1 atom stereocenters. The van der Waals surface area contributed by atoms with Gasteiger partial charge in [-0.2, -0.15) is 0 Å². The van der Waals surface area contributed by atoms with Crippen LogP contribution in [0.4, 0.5) is 0 Å². The fourth-order valence-electron chi connectivity index (χ4n) is 2.17. The zero-order chi connectivity index (χ0) is 13.6. The van der Waals surface area contributed by atoms with Crippen molar-refractivity contribution in [1.29, 1.82) is 0 Å². The van der Waals surface area contributed by atoms with Crippen LogP contribution in [0.3, 0.4) is 0 Å². The highest BCUT2D eigenvalue weighted by Crippen LogP contribution is 2.17. The molecule has 1 N–H and O–H groups in total. The van der Waals surface area contributed by atoms with Crippen LogP contribution in [0.15, 0.2) is 46.9 Å². The van der Waals surface area contributed by atoms with Crippen molar-refractivity contribution in [3.8, 4) is 0 Å². The van der Waals surface area contributed by atoms with Crippen molar-refractivity contribution in [2.45, 2.75) is 18.9 Å². The summed E-state index contributed by atoms with van der Waals surface area (Å²) in [6, 6.07) is 11.1. The number of hydrogen-bond acceptors (Lipinski definition) is 4. The highest BCUT2D eigenvalue weighted by molar-refractivity contribution is 8.14. The Morgan fingerprint density at radius 3 is 3.00 bits per heavy atom. The molecule has 0 saturated carbocycles. The summed E-state index contributed by atoms with van der Waals surface area (Å²) in [5.74, 6) is 1.10. The first kappa shape index (κ1) is 13.6. The van der Waals surface area contributed by atoms with Crippen molar-refractivity contribution in [2.75, 3.05) is 12.3 Å². The Bertz CT molecular complexity index is 552. The van der Waals surface area contributed by atoms with Gasteiger partial charge < -0.3 is 5.32 Å². The maximum absolute atomic E-state index is 4.63. The molecule has 1 saturated heterocycles. The second-order valence-corrected chi connectivity index (χ2v) is 6.69. The molecule has 20 heavy (non-hydrogen) atoms. The van der Waals surface area contributed by atoms with E-state index in [4.69, 9.17) is 0 Å². The minimum atomic E-state index is 0.501. The standard InChI is InChI=1S/C15H17N3S2/c1-2-4-12(5-3-1)10-13-11-20-15(18-13)17-7-6-14-16-8-9-19-14/h1-5,8-9,13H,6-7,10-11H2,(H,17,18). The largest absolute Gasteiger partial charge is 0.361 e. The van der Waals surface area contributed by atoms with Crippen LogP contribution in [0, 0.1) is 0 Å². The summed E-state index contributed by atoms with van der Waals surface area (Å²) in [6.07, 6.45) is 3.86. The normalized spacial score (nSPS) is 20.2. The first-order chi connectivity index (χ1) is 9.90. The summed E-state index contributed by atoms with van der Waals surface area (Å²) in [5.41, 5.74) is 1.38. The third-order valence-electron chi connectivity index (χ3n) is 3.14. The number of hydrogen-bond donors (Lipinski definition) is 1. The quantitative estimate of drug-likeness (QED) is 0.922. The van der Waals surface area contributed by atoms with Gasteiger partial charge in [0.1, 0.15) is 0 Å². The number of thiazole rings is 1. The highest BCUT2D eigenvalue weighted by atomic mass is 32.2. The predicted octanol–water partition coefficient (Wildman–Crippen LogP) is 2.99. The summed E-state index contributed by atoms with van der Waals surface area (Å²) in [7, 11) is 0. The molecule has 104 valence electrons. The zero-order valence-electron chi connectivity index (χ0n) is 11.2. The van der Waals surface area contributed by atoms with E-state index in [0.29, 0.717) is 6.04 Å². The van der Waals surface area contributed by atoms with Gasteiger partial charge in [-0.15, -0.1) is 11.3 Å². The molecular weight excluding hydrogens is 286 g/mol. The third-order valence-corrected chi connectivity index (χ3v) is 5.07. The van der Waals surface area contributed by atoms with Crippen LogP contribution in [-0.4, -0.2) is 28.5 Å². The Morgan fingerprint density at radius 2 is 2.20 bits per heavy atom. The molecule has 3 rings (SSSR count). The average molecular weight is 303 g/mol. The van der Waals surface area contributed by atoms with Crippen molar-refractivity contribution in [3.63, 3.8) is 0 Å². The monoisotopic (exact) mass is 303 g/mol. The van der Waals surface area contributed by atoms with E-state index in [1.54, 1.807) is 11.3 Å². The van der Waals surface area contributed by atoms with E-state index in [2.05, 4.69) is 45.6 Å². The van der Waals surface area contributed by atoms with Crippen LogP contribution in [0.5, 0.6) is 0 Å². The molecule has 0 spiro atoms. The van der Waals surface area contributed by atoms with E-state index in [1.165, 1.54) is 5.56 Å². The lowest BCUT2D eigenvalue weighted by molar-refractivity contribution is 0.686. The van der Waals surface area contributed by atoms with Gasteiger partial charge in [0.25, 0.3) is 0 Å². The fourth-order valence-corrected chi connectivity index (χ4v) is 3.77. The molecule has 0 amide bonds. The molecule has 1 aliphatic rings. The minimum absolute atomic E-state index is 0.501. The summed E-state index contributed by atoms with van der Waals surface area (Å²) < 4.78 is 0. The molecule has 2 heterocycles. The third kappa shape index (κ3) is 3.84. The van der Waals surface area contributed by atoms with Crippen molar-refractivity contribution in [1.82, 2.24) is 10.3 Å². The Hall–Kier alpha value is -1.33. The average Bonchev–Trinajstić information content (AvgIpc) is 3.12. The van der Waals surface area contributed by atoms with Crippen LogP contribution in [0.1, 0.15) is 10.6 Å². The Kier molecular flexibility index (Phi) is 4.71. The van der Waals surface area contributed by atoms with Gasteiger partial charge in [-0.3, -0.25) is 4.99 Å². The molecule has 0 radical (unpaired) electrons. The van der Waals surface area contributed by atoms with Gasteiger partial charge in [-0.05, 0) is 12.0 Å². The first-order valence-corrected chi connectivity index (χ1v) is 8.63. The van der Waals surface area contributed by atoms with Crippen LogP contribution < -0.4 is 5.32 Å². The predicted molar refractivity (Wildman–Crippen MR) is 87.6 cm³/mol. The number of nitrogens with zero attached hydrogens (tertiary/aromatic N) is 2. The molecule has 1 fully saturated rings.